The molecule has 0 amide bonds. The van der Waals surface area contributed by atoms with Crippen LogP contribution in [0.25, 0.3) is 0 Å². The number of nitrogens with two attached hydrogens (primary N) is 1. The molecule has 1 aromatic rings. The van der Waals surface area contributed by atoms with Gasteiger partial charge in [-0.3, -0.25) is 9.88 Å². The van der Waals surface area contributed by atoms with E-state index in [0.29, 0.717) is 6.04 Å². The van der Waals surface area contributed by atoms with Gasteiger partial charge in [-0.25, -0.2) is 0 Å². The summed E-state index contributed by atoms with van der Waals surface area (Å²) < 4.78 is 0. The Hall–Kier alpha value is -0.930. The largest absolute Gasteiger partial charge is 0.329 e. The lowest BCUT2D eigenvalue weighted by Gasteiger charge is -2.31. The maximum Gasteiger partial charge on any atom is 0.0607 e. The van der Waals surface area contributed by atoms with Gasteiger partial charge in [-0.05, 0) is 37.9 Å². The molecule has 2 N–H and O–H groups in total. The number of aromatic nitrogens is 1. The summed E-state index contributed by atoms with van der Waals surface area (Å²) >= 11 is 0. The molecule has 0 fully saturated rings. The zero-order valence-corrected chi connectivity index (χ0v) is 9.32. The van der Waals surface area contributed by atoms with Crippen LogP contribution in [0.3, 0.4) is 0 Å². The van der Waals surface area contributed by atoms with Crippen LogP contribution >= 0.6 is 0 Å². The van der Waals surface area contributed by atoms with Crippen molar-refractivity contribution in [3.05, 3.63) is 29.6 Å². The predicted octanol–water partition coefficient (Wildman–Crippen LogP) is 1.35. The zero-order valence-electron chi connectivity index (χ0n) is 9.32. The van der Waals surface area contributed by atoms with Gasteiger partial charge in [0, 0.05) is 19.3 Å². The van der Waals surface area contributed by atoms with E-state index in [0.717, 1.165) is 13.1 Å². The average molecular weight is 205 g/mol. The molecule has 1 heterocycles. The molecule has 1 aliphatic carbocycles. The molecule has 0 saturated carbocycles. The van der Waals surface area contributed by atoms with Gasteiger partial charge in [-0.15, -0.1) is 0 Å². The molecule has 2 rings (SSSR count). The Labute approximate surface area is 91.3 Å². The van der Waals surface area contributed by atoms with Crippen LogP contribution in [-0.4, -0.2) is 30.0 Å². The molecular weight excluding hydrogens is 186 g/mol. The number of aryl methyl sites for hydroxylation is 1. The normalized spacial score (nSPS) is 20.3. The van der Waals surface area contributed by atoms with Gasteiger partial charge >= 0.3 is 0 Å². The van der Waals surface area contributed by atoms with E-state index in [4.69, 9.17) is 5.73 Å². The smallest absolute Gasteiger partial charge is 0.0607 e. The molecule has 0 aliphatic heterocycles. The first kappa shape index (κ1) is 10.6. The van der Waals surface area contributed by atoms with Crippen molar-refractivity contribution in [3.8, 4) is 0 Å². The zero-order chi connectivity index (χ0) is 10.7. The lowest BCUT2D eigenvalue weighted by Crippen LogP contribution is -2.32. The van der Waals surface area contributed by atoms with Gasteiger partial charge in [-0.2, -0.15) is 0 Å². The number of likely N-dealkylation sites (N-methyl/N-ethyl adjacent to an activating group) is 1. The van der Waals surface area contributed by atoms with Crippen LogP contribution in [0, 0.1) is 0 Å². The third kappa shape index (κ3) is 2.19. The van der Waals surface area contributed by atoms with Crippen molar-refractivity contribution in [2.24, 2.45) is 5.73 Å². The lowest BCUT2D eigenvalue weighted by molar-refractivity contribution is 0.222. The SMILES string of the molecule is CN(CCN)C1CCCc2cccnc21. The maximum absolute atomic E-state index is 5.59. The molecule has 3 nitrogen and oxygen atoms in total. The topological polar surface area (TPSA) is 42.1 Å². The molecule has 0 aromatic carbocycles. The van der Waals surface area contributed by atoms with E-state index in [2.05, 4.69) is 23.0 Å². The van der Waals surface area contributed by atoms with Gasteiger partial charge in [0.25, 0.3) is 0 Å². The number of pyridine rings is 1. The van der Waals surface area contributed by atoms with Crippen molar-refractivity contribution in [1.29, 1.82) is 0 Å². The Morgan fingerprint density at radius 1 is 1.60 bits per heavy atom. The summed E-state index contributed by atoms with van der Waals surface area (Å²) in [7, 11) is 2.14. The van der Waals surface area contributed by atoms with Crippen LogP contribution in [0.1, 0.15) is 30.1 Å². The molecule has 1 aliphatic rings. The molecule has 1 aromatic heterocycles. The molecule has 0 bridgehead atoms. The summed E-state index contributed by atoms with van der Waals surface area (Å²) in [4.78, 5) is 6.85. The molecule has 0 saturated heterocycles. The summed E-state index contributed by atoms with van der Waals surface area (Å²) in [6.45, 7) is 1.66. The highest BCUT2D eigenvalue weighted by Gasteiger charge is 2.23. The summed E-state index contributed by atoms with van der Waals surface area (Å²) in [5, 5.41) is 0. The highest BCUT2D eigenvalue weighted by molar-refractivity contribution is 5.25. The summed E-state index contributed by atoms with van der Waals surface area (Å²) in [5.41, 5.74) is 8.27. The van der Waals surface area contributed by atoms with Crippen molar-refractivity contribution in [2.45, 2.75) is 25.3 Å². The number of rotatable bonds is 3. The fraction of sp³-hybridized carbons (Fsp3) is 0.583. The van der Waals surface area contributed by atoms with Gasteiger partial charge in [-0.1, -0.05) is 6.07 Å². The first-order valence-corrected chi connectivity index (χ1v) is 5.67. The minimum absolute atomic E-state index is 0.471. The second-order valence-corrected chi connectivity index (χ2v) is 4.23. The van der Waals surface area contributed by atoms with Gasteiger partial charge in [0.15, 0.2) is 0 Å². The molecular formula is C12H19N3. The molecule has 15 heavy (non-hydrogen) atoms. The molecule has 1 unspecified atom stereocenters. The van der Waals surface area contributed by atoms with E-state index in [1.807, 2.05) is 12.3 Å². The van der Waals surface area contributed by atoms with Crippen molar-refractivity contribution in [2.75, 3.05) is 20.1 Å². The maximum atomic E-state index is 5.59. The number of nitrogens with zero attached hydrogens (tertiary/aromatic N) is 2. The Bertz CT molecular complexity index is 324. The van der Waals surface area contributed by atoms with Gasteiger partial charge in [0.1, 0.15) is 0 Å². The van der Waals surface area contributed by atoms with Gasteiger partial charge < -0.3 is 5.73 Å². The highest BCUT2D eigenvalue weighted by Crippen LogP contribution is 2.31. The number of hydrogen-bond donors (Lipinski definition) is 1. The van der Waals surface area contributed by atoms with Crippen LogP contribution in [0.5, 0.6) is 0 Å². The third-order valence-electron chi connectivity index (χ3n) is 3.18. The second kappa shape index (κ2) is 4.73. The van der Waals surface area contributed by atoms with Crippen LogP contribution < -0.4 is 5.73 Å². The molecule has 0 radical (unpaired) electrons. The fourth-order valence-corrected chi connectivity index (χ4v) is 2.37. The summed E-state index contributed by atoms with van der Waals surface area (Å²) in [6.07, 6.45) is 5.54. The van der Waals surface area contributed by atoms with E-state index in [1.54, 1.807) is 0 Å². The predicted molar refractivity (Wildman–Crippen MR) is 61.6 cm³/mol. The van der Waals surface area contributed by atoms with E-state index in [1.165, 1.54) is 30.5 Å². The van der Waals surface area contributed by atoms with Crippen molar-refractivity contribution in [3.63, 3.8) is 0 Å². The van der Waals surface area contributed by atoms with Crippen LogP contribution in [0.15, 0.2) is 18.3 Å². The first-order valence-electron chi connectivity index (χ1n) is 5.67. The molecule has 3 heteroatoms. The number of hydrogen-bond acceptors (Lipinski definition) is 3. The van der Waals surface area contributed by atoms with E-state index < -0.39 is 0 Å². The Kier molecular flexibility index (Phi) is 3.34. The number of fused-ring (bicyclic) bond motifs is 1. The van der Waals surface area contributed by atoms with E-state index in [9.17, 15) is 0 Å². The monoisotopic (exact) mass is 205 g/mol. The van der Waals surface area contributed by atoms with Crippen LogP contribution in [0.2, 0.25) is 0 Å². The molecule has 0 spiro atoms. The standard InChI is InChI=1S/C12H19N3/c1-15(9-7-13)11-6-2-4-10-5-3-8-14-12(10)11/h3,5,8,11H,2,4,6-7,9,13H2,1H3. The Morgan fingerprint density at radius 2 is 2.47 bits per heavy atom. The highest BCUT2D eigenvalue weighted by atomic mass is 15.1. The third-order valence-corrected chi connectivity index (χ3v) is 3.18. The van der Waals surface area contributed by atoms with Gasteiger partial charge in [0.05, 0.1) is 11.7 Å². The van der Waals surface area contributed by atoms with Crippen molar-refractivity contribution >= 4 is 0 Å². The van der Waals surface area contributed by atoms with Crippen LogP contribution in [-0.2, 0) is 6.42 Å². The minimum atomic E-state index is 0.471. The first-order chi connectivity index (χ1) is 7.33. The minimum Gasteiger partial charge on any atom is -0.329 e. The Balaban J connectivity index is 2.21. The lowest BCUT2D eigenvalue weighted by atomic mass is 9.91. The molecule has 1 atom stereocenters. The second-order valence-electron chi connectivity index (χ2n) is 4.23. The van der Waals surface area contributed by atoms with Crippen molar-refractivity contribution in [1.82, 2.24) is 9.88 Å². The summed E-state index contributed by atoms with van der Waals surface area (Å²) in [6, 6.07) is 4.70. The van der Waals surface area contributed by atoms with Crippen LogP contribution in [0.4, 0.5) is 0 Å². The van der Waals surface area contributed by atoms with E-state index >= 15 is 0 Å². The summed E-state index contributed by atoms with van der Waals surface area (Å²) in [5.74, 6) is 0. The fourth-order valence-electron chi connectivity index (χ4n) is 2.37. The van der Waals surface area contributed by atoms with Crippen molar-refractivity contribution < 1.29 is 0 Å². The Morgan fingerprint density at radius 3 is 3.27 bits per heavy atom. The van der Waals surface area contributed by atoms with E-state index in [-0.39, 0.29) is 0 Å². The molecule has 82 valence electrons. The quantitative estimate of drug-likeness (QED) is 0.810. The average Bonchev–Trinajstić information content (AvgIpc) is 2.28. The van der Waals surface area contributed by atoms with Gasteiger partial charge in [0.2, 0.25) is 0 Å².